The first kappa shape index (κ1) is 13.3. The molecule has 0 aromatic heterocycles. The minimum atomic E-state index is 0.110. The summed E-state index contributed by atoms with van der Waals surface area (Å²) in [5.74, 6) is 0.775. The van der Waals surface area contributed by atoms with Crippen LogP contribution < -0.4 is 5.73 Å². The molecule has 1 aliphatic heterocycles. The molecular weight excluding hydrogens is 210 g/mol. The normalized spacial score (nSPS) is 34.4. The van der Waals surface area contributed by atoms with Gasteiger partial charge in [0.05, 0.1) is 0 Å². The van der Waals surface area contributed by atoms with Gasteiger partial charge < -0.3 is 10.6 Å². The molecule has 0 spiro atoms. The van der Waals surface area contributed by atoms with Crippen LogP contribution in [0.4, 0.5) is 0 Å². The Morgan fingerprint density at radius 2 is 1.82 bits per heavy atom. The maximum atomic E-state index is 6.55. The van der Waals surface area contributed by atoms with Crippen molar-refractivity contribution in [2.24, 2.45) is 11.7 Å². The third-order valence-electron chi connectivity index (χ3n) is 4.70. The van der Waals surface area contributed by atoms with Crippen molar-refractivity contribution in [2.75, 3.05) is 33.7 Å². The van der Waals surface area contributed by atoms with Crippen LogP contribution in [0.2, 0.25) is 0 Å². The molecule has 1 heterocycles. The van der Waals surface area contributed by atoms with Gasteiger partial charge in [-0.1, -0.05) is 26.2 Å². The number of nitrogens with two attached hydrogens (primary N) is 1. The second kappa shape index (κ2) is 5.25. The Bertz CT molecular complexity index is 246. The van der Waals surface area contributed by atoms with Crippen molar-refractivity contribution >= 4 is 0 Å². The van der Waals surface area contributed by atoms with E-state index in [9.17, 15) is 0 Å². The molecule has 3 heteroatoms. The summed E-state index contributed by atoms with van der Waals surface area (Å²) in [4.78, 5) is 4.97. The highest BCUT2D eigenvalue weighted by atomic mass is 15.2. The first-order valence-electron chi connectivity index (χ1n) is 7.18. The number of hydrogen-bond acceptors (Lipinski definition) is 3. The summed E-state index contributed by atoms with van der Waals surface area (Å²) < 4.78 is 0. The molecule has 3 nitrogen and oxygen atoms in total. The van der Waals surface area contributed by atoms with Gasteiger partial charge in [-0.25, -0.2) is 0 Å². The van der Waals surface area contributed by atoms with Crippen LogP contribution in [-0.2, 0) is 0 Å². The molecule has 1 saturated carbocycles. The second-order valence-corrected chi connectivity index (χ2v) is 6.63. The number of hydrogen-bond donors (Lipinski definition) is 1. The van der Waals surface area contributed by atoms with E-state index in [0.29, 0.717) is 6.04 Å². The quantitative estimate of drug-likeness (QED) is 0.811. The predicted molar refractivity (Wildman–Crippen MR) is 73.1 cm³/mol. The number of rotatable bonds is 3. The smallest absolute Gasteiger partial charge is 0.0283 e. The molecule has 1 aliphatic carbocycles. The summed E-state index contributed by atoms with van der Waals surface area (Å²) in [5.41, 5.74) is 6.66. The summed E-state index contributed by atoms with van der Waals surface area (Å²) in [5, 5.41) is 0. The molecule has 0 bridgehead atoms. The molecule has 0 radical (unpaired) electrons. The minimum Gasteiger partial charge on any atom is -0.324 e. The Morgan fingerprint density at radius 3 is 2.35 bits per heavy atom. The third-order valence-corrected chi connectivity index (χ3v) is 4.70. The summed E-state index contributed by atoms with van der Waals surface area (Å²) in [6.07, 6.45) is 6.50. The van der Waals surface area contributed by atoms with Crippen LogP contribution in [0.3, 0.4) is 0 Å². The molecule has 17 heavy (non-hydrogen) atoms. The van der Waals surface area contributed by atoms with Crippen molar-refractivity contribution < 1.29 is 0 Å². The molecule has 2 atom stereocenters. The summed E-state index contributed by atoms with van der Waals surface area (Å²) in [6, 6.07) is 0.710. The van der Waals surface area contributed by atoms with Gasteiger partial charge in [0.2, 0.25) is 0 Å². The highest BCUT2D eigenvalue weighted by Crippen LogP contribution is 2.29. The van der Waals surface area contributed by atoms with E-state index in [1.807, 2.05) is 0 Å². The Kier molecular flexibility index (Phi) is 4.11. The summed E-state index contributed by atoms with van der Waals surface area (Å²) >= 11 is 0. The van der Waals surface area contributed by atoms with Gasteiger partial charge in [0, 0.05) is 31.2 Å². The Balaban J connectivity index is 1.88. The highest BCUT2D eigenvalue weighted by molar-refractivity contribution is 4.95. The predicted octanol–water partition coefficient (Wildman–Crippen LogP) is 1.53. The van der Waals surface area contributed by atoms with E-state index in [2.05, 4.69) is 30.8 Å². The van der Waals surface area contributed by atoms with E-state index in [-0.39, 0.29) is 5.54 Å². The van der Waals surface area contributed by atoms with E-state index in [1.165, 1.54) is 45.2 Å². The molecule has 0 aromatic carbocycles. The van der Waals surface area contributed by atoms with Gasteiger partial charge >= 0.3 is 0 Å². The van der Waals surface area contributed by atoms with Crippen LogP contribution in [0, 0.1) is 5.92 Å². The lowest BCUT2D eigenvalue weighted by molar-refractivity contribution is 0.186. The molecular formula is C14H29N3. The first-order chi connectivity index (χ1) is 8.00. The van der Waals surface area contributed by atoms with E-state index in [0.717, 1.165) is 12.5 Å². The van der Waals surface area contributed by atoms with E-state index < -0.39 is 0 Å². The monoisotopic (exact) mass is 239 g/mol. The number of nitrogens with zero attached hydrogens (tertiary/aromatic N) is 2. The number of likely N-dealkylation sites (N-methyl/N-ethyl adjacent to an activating group) is 1. The van der Waals surface area contributed by atoms with Gasteiger partial charge in [-0.2, -0.15) is 0 Å². The molecule has 2 aliphatic rings. The van der Waals surface area contributed by atoms with Gasteiger partial charge in [-0.3, -0.25) is 4.90 Å². The maximum absolute atomic E-state index is 6.55. The average Bonchev–Trinajstić information content (AvgIpc) is 2.59. The van der Waals surface area contributed by atoms with Gasteiger partial charge in [0.25, 0.3) is 0 Å². The average molecular weight is 239 g/mol. The Hall–Kier alpha value is -0.120. The van der Waals surface area contributed by atoms with Crippen LogP contribution >= 0.6 is 0 Å². The zero-order valence-corrected chi connectivity index (χ0v) is 11.8. The van der Waals surface area contributed by atoms with Crippen LogP contribution in [0.25, 0.3) is 0 Å². The topological polar surface area (TPSA) is 32.5 Å². The van der Waals surface area contributed by atoms with Crippen LogP contribution in [-0.4, -0.2) is 55.1 Å². The van der Waals surface area contributed by atoms with Gasteiger partial charge in [-0.05, 0) is 32.9 Å². The molecule has 1 saturated heterocycles. The fourth-order valence-corrected chi connectivity index (χ4v) is 3.71. The fourth-order valence-electron chi connectivity index (χ4n) is 3.71. The van der Waals surface area contributed by atoms with E-state index >= 15 is 0 Å². The molecule has 2 fully saturated rings. The SMILES string of the molecule is CC1CN(CC2(N)CCCCC2)CC1N(C)C. The van der Waals surface area contributed by atoms with E-state index in [1.54, 1.807) is 0 Å². The molecule has 100 valence electrons. The number of likely N-dealkylation sites (tertiary alicyclic amines) is 1. The lowest BCUT2D eigenvalue weighted by Gasteiger charge is -2.37. The Morgan fingerprint density at radius 1 is 1.18 bits per heavy atom. The minimum absolute atomic E-state index is 0.110. The summed E-state index contributed by atoms with van der Waals surface area (Å²) in [6.45, 7) is 5.91. The largest absolute Gasteiger partial charge is 0.324 e. The van der Waals surface area contributed by atoms with E-state index in [4.69, 9.17) is 5.73 Å². The van der Waals surface area contributed by atoms with Gasteiger partial charge in [-0.15, -0.1) is 0 Å². The van der Waals surface area contributed by atoms with Crippen molar-refractivity contribution in [2.45, 2.75) is 50.6 Å². The fraction of sp³-hybridized carbons (Fsp3) is 1.00. The zero-order valence-electron chi connectivity index (χ0n) is 11.8. The van der Waals surface area contributed by atoms with Gasteiger partial charge in [0.1, 0.15) is 0 Å². The summed E-state index contributed by atoms with van der Waals surface area (Å²) in [7, 11) is 4.40. The molecule has 2 rings (SSSR count). The van der Waals surface area contributed by atoms with Gasteiger partial charge in [0.15, 0.2) is 0 Å². The third kappa shape index (κ3) is 3.21. The van der Waals surface area contributed by atoms with Crippen LogP contribution in [0.1, 0.15) is 39.0 Å². The maximum Gasteiger partial charge on any atom is 0.0283 e. The van der Waals surface area contributed by atoms with Crippen molar-refractivity contribution in [1.29, 1.82) is 0 Å². The van der Waals surface area contributed by atoms with Crippen molar-refractivity contribution in [3.05, 3.63) is 0 Å². The lowest BCUT2D eigenvalue weighted by Crippen LogP contribution is -2.51. The standard InChI is InChI=1S/C14H29N3/c1-12-9-17(10-13(12)16(2)3)11-14(15)7-5-4-6-8-14/h12-13H,4-11,15H2,1-3H3. The molecule has 2 unspecified atom stereocenters. The highest BCUT2D eigenvalue weighted by Gasteiger charge is 2.36. The lowest BCUT2D eigenvalue weighted by atomic mass is 9.82. The van der Waals surface area contributed by atoms with Crippen LogP contribution in [0.5, 0.6) is 0 Å². The van der Waals surface area contributed by atoms with Crippen molar-refractivity contribution in [3.63, 3.8) is 0 Å². The second-order valence-electron chi connectivity index (χ2n) is 6.63. The molecule has 0 amide bonds. The molecule has 0 aromatic rings. The van der Waals surface area contributed by atoms with Crippen LogP contribution in [0.15, 0.2) is 0 Å². The molecule has 2 N–H and O–H groups in total. The van der Waals surface area contributed by atoms with Crippen molar-refractivity contribution in [1.82, 2.24) is 9.80 Å². The van der Waals surface area contributed by atoms with Crippen molar-refractivity contribution in [3.8, 4) is 0 Å². The zero-order chi connectivity index (χ0) is 12.5. The first-order valence-corrected chi connectivity index (χ1v) is 7.18. The Labute approximate surface area is 106 Å².